The third-order valence-electron chi connectivity index (χ3n) is 1.55. The molecule has 0 radical (unpaired) electrons. The molecule has 0 spiro atoms. The van der Waals surface area contributed by atoms with Crippen molar-refractivity contribution in [3.05, 3.63) is 0 Å². The molecule has 0 aliphatic rings. The van der Waals surface area contributed by atoms with E-state index in [1.54, 1.807) is 5.32 Å². The predicted molar refractivity (Wildman–Crippen MR) is 69.4 cm³/mol. The Labute approximate surface area is 148 Å². The van der Waals surface area contributed by atoms with Gasteiger partial charge >= 0.3 is 67.6 Å². The first-order valence-corrected chi connectivity index (χ1v) is 5.00. The Bertz CT molecular complexity index is 369. The first kappa shape index (κ1) is 24.4. The first-order chi connectivity index (χ1) is 9.06. The van der Waals surface area contributed by atoms with Crippen molar-refractivity contribution in [2.24, 2.45) is 5.73 Å². The van der Waals surface area contributed by atoms with Gasteiger partial charge in [-0.25, -0.2) is 9.59 Å². The van der Waals surface area contributed by atoms with Crippen LogP contribution < -0.4 is 11.1 Å². The number of hydrogen-bond acceptors (Lipinski definition) is 5. The van der Waals surface area contributed by atoms with Crippen LogP contribution in [0.2, 0.25) is 0 Å². The number of hydrogen-bond donors (Lipinski definition) is 6. The van der Waals surface area contributed by atoms with Crippen LogP contribution in [0.3, 0.4) is 0 Å². The SMILES string of the molecule is NC(=O)NC(CC(=O)O)C(=O)O.O=C(O)CCC(=O)O.[CaH2]. The number of aliphatic carboxylic acids is 4. The van der Waals surface area contributed by atoms with E-state index in [0.29, 0.717) is 0 Å². The molecular formula is C9H16CaN2O9. The summed E-state index contributed by atoms with van der Waals surface area (Å²) in [6.07, 6.45) is -1.29. The van der Waals surface area contributed by atoms with Crippen LogP contribution in [-0.4, -0.2) is 94.1 Å². The molecule has 0 aliphatic heterocycles. The number of carboxylic acid groups (broad SMARTS) is 4. The molecule has 0 rings (SSSR count). The van der Waals surface area contributed by atoms with Gasteiger partial charge < -0.3 is 31.5 Å². The van der Waals surface area contributed by atoms with Crippen molar-refractivity contribution in [3.8, 4) is 0 Å². The molecule has 118 valence electrons. The standard InChI is InChI=1S/C5H8N2O5.C4H6O4.Ca.2H/c6-5(12)7-2(4(10)11)1-3(8)9;5-3(6)1-2-4(7)8;;;/h2H,1H2,(H,8,9)(H,10,11)(H3,6,7,12);1-2H2,(H,5,6)(H,7,8);;;. The topological polar surface area (TPSA) is 204 Å². The molecule has 0 fully saturated rings. The molecular weight excluding hydrogens is 320 g/mol. The zero-order valence-electron chi connectivity index (χ0n) is 10.1. The van der Waals surface area contributed by atoms with Gasteiger partial charge in [-0.15, -0.1) is 0 Å². The third-order valence-corrected chi connectivity index (χ3v) is 1.55. The normalized spacial score (nSPS) is 9.90. The van der Waals surface area contributed by atoms with Crippen LogP contribution in [0, 0.1) is 0 Å². The minimum atomic E-state index is -1.47. The average molecular weight is 336 g/mol. The number of carboxylic acids is 4. The third kappa shape index (κ3) is 20.9. The van der Waals surface area contributed by atoms with E-state index >= 15 is 0 Å². The van der Waals surface area contributed by atoms with Crippen molar-refractivity contribution in [2.45, 2.75) is 25.3 Å². The molecule has 1 atom stereocenters. The van der Waals surface area contributed by atoms with E-state index in [4.69, 9.17) is 20.4 Å². The van der Waals surface area contributed by atoms with E-state index in [9.17, 15) is 24.0 Å². The molecule has 0 saturated heterocycles. The van der Waals surface area contributed by atoms with Crippen molar-refractivity contribution in [3.63, 3.8) is 0 Å². The molecule has 0 heterocycles. The number of nitrogens with two attached hydrogens (primary N) is 1. The van der Waals surface area contributed by atoms with Crippen LogP contribution in [0.25, 0.3) is 0 Å². The summed E-state index contributed by atoms with van der Waals surface area (Å²) < 4.78 is 0. The van der Waals surface area contributed by atoms with Crippen molar-refractivity contribution >= 4 is 67.6 Å². The molecule has 0 bridgehead atoms. The Morgan fingerprint density at radius 1 is 0.857 bits per heavy atom. The Hall–Kier alpha value is -1.59. The predicted octanol–water partition coefficient (Wildman–Crippen LogP) is -2.40. The summed E-state index contributed by atoms with van der Waals surface area (Å²) in [7, 11) is 0. The van der Waals surface area contributed by atoms with Crippen molar-refractivity contribution < 1.29 is 44.4 Å². The Morgan fingerprint density at radius 3 is 1.43 bits per heavy atom. The molecule has 2 amide bonds. The summed E-state index contributed by atoms with van der Waals surface area (Å²) in [5.41, 5.74) is 4.60. The van der Waals surface area contributed by atoms with E-state index in [1.807, 2.05) is 0 Å². The number of nitrogens with one attached hydrogen (secondary N) is 1. The number of primary amides is 1. The van der Waals surface area contributed by atoms with Crippen LogP contribution in [0.1, 0.15) is 19.3 Å². The first-order valence-electron chi connectivity index (χ1n) is 5.00. The number of carbonyl (C=O) groups is 5. The molecule has 0 saturated carbocycles. The Balaban J connectivity index is -0.000000317. The molecule has 0 aliphatic carbocycles. The van der Waals surface area contributed by atoms with Crippen LogP contribution in [0.5, 0.6) is 0 Å². The van der Waals surface area contributed by atoms with Crippen LogP contribution in [0.4, 0.5) is 4.79 Å². The molecule has 11 nitrogen and oxygen atoms in total. The summed E-state index contributed by atoms with van der Waals surface area (Å²) in [6, 6.07) is -2.54. The van der Waals surface area contributed by atoms with Gasteiger partial charge in [-0.1, -0.05) is 0 Å². The van der Waals surface area contributed by atoms with E-state index in [1.165, 1.54) is 0 Å². The zero-order chi connectivity index (χ0) is 16.3. The van der Waals surface area contributed by atoms with Gasteiger partial charge in [-0.05, 0) is 0 Å². The van der Waals surface area contributed by atoms with E-state index < -0.39 is 42.4 Å². The van der Waals surface area contributed by atoms with Crippen LogP contribution >= 0.6 is 0 Å². The Kier molecular flexibility index (Phi) is 15.6. The van der Waals surface area contributed by atoms with Gasteiger partial charge in [0.25, 0.3) is 0 Å². The maximum atomic E-state index is 10.2. The molecule has 0 aromatic carbocycles. The van der Waals surface area contributed by atoms with E-state index in [2.05, 4.69) is 5.73 Å². The van der Waals surface area contributed by atoms with Crippen molar-refractivity contribution in [2.75, 3.05) is 0 Å². The number of carbonyl (C=O) groups excluding carboxylic acids is 1. The summed E-state index contributed by atoms with van der Waals surface area (Å²) in [5.74, 6) is -4.91. The molecule has 0 aromatic rings. The molecule has 1 unspecified atom stereocenters. The van der Waals surface area contributed by atoms with E-state index in [-0.39, 0.29) is 50.6 Å². The van der Waals surface area contributed by atoms with Gasteiger partial charge in [0.1, 0.15) is 6.04 Å². The van der Waals surface area contributed by atoms with Crippen molar-refractivity contribution in [1.82, 2.24) is 5.32 Å². The van der Waals surface area contributed by atoms with Gasteiger partial charge in [-0.3, -0.25) is 14.4 Å². The quantitative estimate of drug-likeness (QED) is 0.274. The summed E-state index contributed by atoms with van der Waals surface area (Å²) in [5, 5.41) is 34.1. The second-order valence-corrected chi connectivity index (χ2v) is 3.28. The maximum absolute atomic E-state index is 10.2. The van der Waals surface area contributed by atoms with Crippen LogP contribution in [-0.2, 0) is 19.2 Å². The van der Waals surface area contributed by atoms with Crippen molar-refractivity contribution in [1.29, 1.82) is 0 Å². The van der Waals surface area contributed by atoms with Gasteiger partial charge in [-0.2, -0.15) is 0 Å². The molecule has 0 aromatic heterocycles. The summed E-state index contributed by atoms with van der Waals surface area (Å²) in [4.78, 5) is 49.7. The molecule has 21 heavy (non-hydrogen) atoms. The fourth-order valence-electron chi connectivity index (χ4n) is 0.760. The average Bonchev–Trinajstić information content (AvgIpc) is 2.25. The molecule has 7 N–H and O–H groups in total. The van der Waals surface area contributed by atoms with Crippen LogP contribution in [0.15, 0.2) is 0 Å². The minimum absolute atomic E-state index is 0. The Morgan fingerprint density at radius 2 is 1.24 bits per heavy atom. The monoisotopic (exact) mass is 336 g/mol. The molecule has 12 heteroatoms. The van der Waals surface area contributed by atoms with Gasteiger partial charge in [0, 0.05) is 0 Å². The fourth-order valence-corrected chi connectivity index (χ4v) is 0.760. The number of rotatable bonds is 7. The second kappa shape index (κ2) is 13.4. The van der Waals surface area contributed by atoms with E-state index in [0.717, 1.165) is 0 Å². The van der Waals surface area contributed by atoms with Gasteiger partial charge in [0.05, 0.1) is 19.3 Å². The fraction of sp³-hybridized carbons (Fsp3) is 0.444. The van der Waals surface area contributed by atoms with Gasteiger partial charge in [0.15, 0.2) is 0 Å². The van der Waals surface area contributed by atoms with Gasteiger partial charge in [0.2, 0.25) is 0 Å². The summed E-state index contributed by atoms with van der Waals surface area (Å²) in [6.45, 7) is 0. The number of urea groups is 1. The summed E-state index contributed by atoms with van der Waals surface area (Å²) >= 11 is 0. The zero-order valence-corrected chi connectivity index (χ0v) is 10.1. The number of amides is 2. The second-order valence-electron chi connectivity index (χ2n) is 3.28.